The van der Waals surface area contributed by atoms with Crippen molar-refractivity contribution in [3.05, 3.63) is 0 Å². The summed E-state index contributed by atoms with van der Waals surface area (Å²) in [4.78, 5) is 2.62. The Morgan fingerprint density at radius 2 is 1.92 bits per heavy atom. The Hall–Kier alpha value is -0.0800. The summed E-state index contributed by atoms with van der Waals surface area (Å²) in [5.74, 6) is 0.869. The van der Waals surface area contributed by atoms with Gasteiger partial charge in [0.1, 0.15) is 0 Å². The van der Waals surface area contributed by atoms with Gasteiger partial charge in [0.2, 0.25) is 0 Å². The first kappa shape index (κ1) is 11.0. The topological polar surface area (TPSA) is 15.3 Å². The molecular formula is C11H24N2. The van der Waals surface area contributed by atoms with Crippen LogP contribution in [-0.4, -0.2) is 37.1 Å². The maximum atomic E-state index is 3.49. The van der Waals surface area contributed by atoms with Crippen LogP contribution in [0.5, 0.6) is 0 Å². The third-order valence-corrected chi connectivity index (χ3v) is 3.37. The first-order valence-corrected chi connectivity index (χ1v) is 5.78. The van der Waals surface area contributed by atoms with Crippen molar-refractivity contribution in [3.8, 4) is 0 Å². The van der Waals surface area contributed by atoms with Crippen LogP contribution in [0.4, 0.5) is 0 Å². The molecule has 2 unspecified atom stereocenters. The molecular weight excluding hydrogens is 160 g/mol. The molecule has 1 fully saturated rings. The van der Waals surface area contributed by atoms with E-state index in [0.29, 0.717) is 0 Å². The molecule has 1 aliphatic rings. The molecule has 1 aliphatic heterocycles. The average Bonchev–Trinajstić information content (AvgIpc) is 2.20. The molecule has 0 aromatic rings. The molecule has 0 spiro atoms. The first-order chi connectivity index (χ1) is 6.33. The molecule has 1 saturated heterocycles. The summed E-state index contributed by atoms with van der Waals surface area (Å²) in [5.41, 5.74) is 0. The van der Waals surface area contributed by atoms with Gasteiger partial charge in [-0.05, 0) is 38.5 Å². The molecule has 78 valence electrons. The van der Waals surface area contributed by atoms with E-state index in [9.17, 15) is 0 Å². The molecule has 0 radical (unpaired) electrons. The Labute approximate surface area is 82.7 Å². The van der Waals surface area contributed by atoms with Crippen LogP contribution in [0.15, 0.2) is 0 Å². The van der Waals surface area contributed by atoms with E-state index < -0.39 is 0 Å². The summed E-state index contributed by atoms with van der Waals surface area (Å²) >= 11 is 0. The second-order valence-electron chi connectivity index (χ2n) is 3.95. The van der Waals surface area contributed by atoms with Gasteiger partial charge in [0.15, 0.2) is 0 Å². The van der Waals surface area contributed by atoms with Crippen LogP contribution in [0.25, 0.3) is 0 Å². The normalized spacial score (nSPS) is 29.5. The van der Waals surface area contributed by atoms with Crippen molar-refractivity contribution >= 4 is 0 Å². The summed E-state index contributed by atoms with van der Waals surface area (Å²) in [5, 5.41) is 3.49. The lowest BCUT2D eigenvalue weighted by molar-refractivity contribution is 0.121. The maximum Gasteiger partial charge on any atom is 0.0147 e. The number of piperidine rings is 1. The predicted molar refractivity (Wildman–Crippen MR) is 58.0 cm³/mol. The molecule has 0 aliphatic carbocycles. The molecule has 1 heterocycles. The van der Waals surface area contributed by atoms with Gasteiger partial charge in [-0.25, -0.2) is 0 Å². The summed E-state index contributed by atoms with van der Waals surface area (Å²) in [6.07, 6.45) is 2.65. The second kappa shape index (κ2) is 5.61. The highest BCUT2D eigenvalue weighted by Crippen LogP contribution is 2.20. The lowest BCUT2D eigenvalue weighted by Crippen LogP contribution is -2.49. The minimum Gasteiger partial charge on any atom is -0.316 e. The first-order valence-electron chi connectivity index (χ1n) is 5.78. The van der Waals surface area contributed by atoms with Crippen LogP contribution >= 0.6 is 0 Å². The number of nitrogens with one attached hydrogen (secondary N) is 1. The van der Waals surface area contributed by atoms with Crippen molar-refractivity contribution in [1.82, 2.24) is 10.2 Å². The highest BCUT2D eigenvalue weighted by molar-refractivity contribution is 4.83. The Kier molecular flexibility index (Phi) is 4.74. The fraction of sp³-hybridized carbons (Fsp3) is 1.00. The van der Waals surface area contributed by atoms with E-state index in [1.807, 2.05) is 0 Å². The quantitative estimate of drug-likeness (QED) is 0.715. The van der Waals surface area contributed by atoms with Gasteiger partial charge >= 0.3 is 0 Å². The summed E-state index contributed by atoms with van der Waals surface area (Å²) in [6, 6.07) is 0.834. The fourth-order valence-corrected chi connectivity index (χ4v) is 2.50. The zero-order valence-electron chi connectivity index (χ0n) is 9.34. The van der Waals surface area contributed by atoms with Gasteiger partial charge in [-0.15, -0.1) is 0 Å². The molecule has 2 nitrogen and oxygen atoms in total. The van der Waals surface area contributed by atoms with Crippen LogP contribution in [0.2, 0.25) is 0 Å². The van der Waals surface area contributed by atoms with Crippen molar-refractivity contribution in [3.63, 3.8) is 0 Å². The summed E-state index contributed by atoms with van der Waals surface area (Å²) in [6.45, 7) is 11.7. The number of hydrogen-bond acceptors (Lipinski definition) is 2. The third-order valence-electron chi connectivity index (χ3n) is 3.37. The summed E-state index contributed by atoms with van der Waals surface area (Å²) < 4.78 is 0. The van der Waals surface area contributed by atoms with Crippen molar-refractivity contribution in [2.24, 2.45) is 5.92 Å². The molecule has 0 bridgehead atoms. The number of rotatable bonds is 4. The van der Waals surface area contributed by atoms with Crippen molar-refractivity contribution < 1.29 is 0 Å². The molecule has 0 amide bonds. The van der Waals surface area contributed by atoms with E-state index in [2.05, 4.69) is 31.0 Å². The number of nitrogens with zero attached hydrogens (tertiary/aromatic N) is 1. The van der Waals surface area contributed by atoms with Crippen LogP contribution < -0.4 is 5.32 Å². The SMILES string of the molecule is CCC1CNCCC1N(CC)CC. The third kappa shape index (κ3) is 2.68. The molecule has 1 rings (SSSR count). The van der Waals surface area contributed by atoms with Crippen molar-refractivity contribution in [2.45, 2.75) is 39.7 Å². The molecule has 1 N–H and O–H groups in total. The Bertz CT molecular complexity index is 125. The van der Waals surface area contributed by atoms with Crippen LogP contribution in [0, 0.1) is 5.92 Å². The lowest BCUT2D eigenvalue weighted by atomic mass is 9.90. The van der Waals surface area contributed by atoms with E-state index in [4.69, 9.17) is 0 Å². The van der Waals surface area contributed by atoms with Crippen LogP contribution in [0.1, 0.15) is 33.6 Å². The van der Waals surface area contributed by atoms with Crippen molar-refractivity contribution in [2.75, 3.05) is 26.2 Å². The van der Waals surface area contributed by atoms with Gasteiger partial charge in [-0.3, -0.25) is 0 Å². The monoisotopic (exact) mass is 184 g/mol. The Morgan fingerprint density at radius 3 is 2.46 bits per heavy atom. The highest BCUT2D eigenvalue weighted by Gasteiger charge is 2.26. The standard InChI is InChI=1S/C11H24N2/c1-4-10-9-12-8-7-11(10)13(5-2)6-3/h10-12H,4-9H2,1-3H3. The lowest BCUT2D eigenvalue weighted by Gasteiger charge is -2.39. The maximum absolute atomic E-state index is 3.49. The van der Waals surface area contributed by atoms with Gasteiger partial charge in [-0.2, -0.15) is 0 Å². The molecule has 0 aromatic heterocycles. The van der Waals surface area contributed by atoms with E-state index >= 15 is 0 Å². The Morgan fingerprint density at radius 1 is 1.23 bits per heavy atom. The van der Waals surface area contributed by atoms with Gasteiger partial charge in [0.25, 0.3) is 0 Å². The molecule has 2 atom stereocenters. The minimum absolute atomic E-state index is 0.834. The average molecular weight is 184 g/mol. The van der Waals surface area contributed by atoms with Crippen molar-refractivity contribution in [1.29, 1.82) is 0 Å². The Balaban J connectivity index is 2.51. The van der Waals surface area contributed by atoms with Gasteiger partial charge in [0, 0.05) is 6.04 Å². The second-order valence-corrected chi connectivity index (χ2v) is 3.95. The van der Waals surface area contributed by atoms with E-state index in [1.54, 1.807) is 0 Å². The molecule has 0 aromatic carbocycles. The van der Waals surface area contributed by atoms with E-state index in [0.717, 1.165) is 12.0 Å². The molecule has 2 heteroatoms. The van der Waals surface area contributed by atoms with Crippen LogP contribution in [0.3, 0.4) is 0 Å². The highest BCUT2D eigenvalue weighted by atomic mass is 15.2. The smallest absolute Gasteiger partial charge is 0.0147 e. The molecule has 13 heavy (non-hydrogen) atoms. The van der Waals surface area contributed by atoms with Gasteiger partial charge in [0.05, 0.1) is 0 Å². The fourth-order valence-electron chi connectivity index (χ4n) is 2.50. The zero-order chi connectivity index (χ0) is 9.68. The number of hydrogen-bond donors (Lipinski definition) is 1. The molecule has 0 saturated carbocycles. The minimum atomic E-state index is 0.834. The van der Waals surface area contributed by atoms with E-state index in [1.165, 1.54) is 39.0 Å². The largest absolute Gasteiger partial charge is 0.316 e. The van der Waals surface area contributed by atoms with Gasteiger partial charge < -0.3 is 10.2 Å². The predicted octanol–water partition coefficient (Wildman–Crippen LogP) is 1.72. The zero-order valence-corrected chi connectivity index (χ0v) is 9.34. The van der Waals surface area contributed by atoms with E-state index in [-0.39, 0.29) is 0 Å². The van der Waals surface area contributed by atoms with Gasteiger partial charge in [-0.1, -0.05) is 27.2 Å². The summed E-state index contributed by atoms with van der Waals surface area (Å²) in [7, 11) is 0. The van der Waals surface area contributed by atoms with Crippen LogP contribution in [-0.2, 0) is 0 Å².